The second kappa shape index (κ2) is 6.39. The summed E-state index contributed by atoms with van der Waals surface area (Å²) in [5, 5.41) is 11.7. The molecule has 4 nitrogen and oxygen atoms in total. The van der Waals surface area contributed by atoms with Crippen LogP contribution in [0.2, 0.25) is 0 Å². The number of rotatable bonds is 5. The zero-order chi connectivity index (χ0) is 15.5. The van der Waals surface area contributed by atoms with Gasteiger partial charge >= 0.3 is 0 Å². The molecule has 1 aromatic carbocycles. The third kappa shape index (κ3) is 4.14. The molecule has 4 heteroatoms. The Kier molecular flexibility index (Phi) is 4.78. The fourth-order valence-corrected chi connectivity index (χ4v) is 2.19. The summed E-state index contributed by atoms with van der Waals surface area (Å²) in [6.45, 7) is 12.8. The van der Waals surface area contributed by atoms with E-state index in [0.29, 0.717) is 5.92 Å². The van der Waals surface area contributed by atoms with Crippen molar-refractivity contribution in [2.24, 2.45) is 5.92 Å². The van der Waals surface area contributed by atoms with Crippen LogP contribution in [-0.2, 0) is 12.0 Å². The molecule has 0 atom stereocenters. The van der Waals surface area contributed by atoms with E-state index in [1.54, 1.807) is 0 Å². The number of nitrogens with one attached hydrogen (secondary N) is 1. The van der Waals surface area contributed by atoms with E-state index in [4.69, 9.17) is 0 Å². The molecule has 1 N–H and O–H groups in total. The largest absolute Gasteiger partial charge is 0.311 e. The van der Waals surface area contributed by atoms with E-state index < -0.39 is 0 Å². The van der Waals surface area contributed by atoms with Gasteiger partial charge < -0.3 is 5.32 Å². The summed E-state index contributed by atoms with van der Waals surface area (Å²) in [6, 6.07) is 8.56. The lowest BCUT2D eigenvalue weighted by Crippen LogP contribution is -2.20. The maximum atomic E-state index is 4.20. The van der Waals surface area contributed by atoms with Gasteiger partial charge in [-0.2, -0.15) is 0 Å². The Hall–Kier alpha value is -1.68. The lowest BCUT2D eigenvalue weighted by Gasteiger charge is -2.19. The van der Waals surface area contributed by atoms with E-state index in [-0.39, 0.29) is 5.41 Å². The minimum Gasteiger partial charge on any atom is -0.311 e. The Bertz CT molecular complexity index is 561. The molecule has 1 aromatic heterocycles. The van der Waals surface area contributed by atoms with Gasteiger partial charge in [-0.15, -0.1) is 5.10 Å². The summed E-state index contributed by atoms with van der Waals surface area (Å²) >= 11 is 0. The zero-order valence-electron chi connectivity index (χ0n) is 13.7. The van der Waals surface area contributed by atoms with Crippen molar-refractivity contribution < 1.29 is 0 Å². The van der Waals surface area contributed by atoms with Crippen molar-refractivity contribution in [3.8, 4) is 5.69 Å². The first-order valence-corrected chi connectivity index (χ1v) is 7.59. The smallest absolute Gasteiger partial charge is 0.0783 e. The Morgan fingerprint density at radius 3 is 2.38 bits per heavy atom. The van der Waals surface area contributed by atoms with E-state index in [1.165, 1.54) is 5.56 Å². The Morgan fingerprint density at radius 2 is 1.81 bits per heavy atom. The van der Waals surface area contributed by atoms with Crippen LogP contribution in [0.25, 0.3) is 5.69 Å². The van der Waals surface area contributed by atoms with Crippen LogP contribution in [0.4, 0.5) is 0 Å². The lowest BCUT2D eigenvalue weighted by molar-refractivity contribution is 0.542. The van der Waals surface area contributed by atoms with Crippen molar-refractivity contribution in [3.63, 3.8) is 0 Å². The fourth-order valence-electron chi connectivity index (χ4n) is 2.19. The molecule has 0 fully saturated rings. The monoisotopic (exact) mass is 286 g/mol. The summed E-state index contributed by atoms with van der Waals surface area (Å²) in [5.74, 6) is 0.639. The van der Waals surface area contributed by atoms with Crippen molar-refractivity contribution in [3.05, 3.63) is 41.7 Å². The van der Waals surface area contributed by atoms with E-state index in [0.717, 1.165) is 24.5 Å². The number of aromatic nitrogens is 3. The highest BCUT2D eigenvalue weighted by atomic mass is 15.4. The first-order chi connectivity index (χ1) is 9.88. The van der Waals surface area contributed by atoms with Gasteiger partial charge in [0, 0.05) is 6.54 Å². The molecule has 21 heavy (non-hydrogen) atoms. The Balaban J connectivity index is 2.13. The van der Waals surface area contributed by atoms with Gasteiger partial charge in [0.15, 0.2) is 0 Å². The second-order valence-electron chi connectivity index (χ2n) is 6.96. The quantitative estimate of drug-likeness (QED) is 0.917. The highest BCUT2D eigenvalue weighted by molar-refractivity contribution is 5.37. The van der Waals surface area contributed by atoms with Crippen molar-refractivity contribution in [1.29, 1.82) is 0 Å². The third-order valence-electron chi connectivity index (χ3n) is 3.46. The Labute approximate surface area is 127 Å². The first-order valence-electron chi connectivity index (χ1n) is 7.59. The SMILES string of the molecule is CC(C)CNCc1cnnn1-c1ccc(C(C)(C)C)cc1. The number of nitrogens with zero attached hydrogens (tertiary/aromatic N) is 3. The van der Waals surface area contributed by atoms with Crippen molar-refractivity contribution in [2.45, 2.75) is 46.6 Å². The van der Waals surface area contributed by atoms with Gasteiger partial charge in [0.2, 0.25) is 0 Å². The van der Waals surface area contributed by atoms with Crippen LogP contribution in [0.15, 0.2) is 30.5 Å². The van der Waals surface area contributed by atoms with Gasteiger partial charge in [-0.05, 0) is 35.6 Å². The van der Waals surface area contributed by atoms with Gasteiger partial charge in [0.1, 0.15) is 0 Å². The van der Waals surface area contributed by atoms with Crippen LogP contribution in [0.3, 0.4) is 0 Å². The van der Waals surface area contributed by atoms with Gasteiger partial charge in [-0.25, -0.2) is 4.68 Å². The molecule has 0 amide bonds. The molecule has 0 aliphatic rings. The molecule has 0 saturated heterocycles. The van der Waals surface area contributed by atoms with E-state index in [9.17, 15) is 0 Å². The van der Waals surface area contributed by atoms with Gasteiger partial charge in [0.25, 0.3) is 0 Å². The normalized spacial score (nSPS) is 12.1. The number of hydrogen-bond donors (Lipinski definition) is 1. The molecular weight excluding hydrogens is 260 g/mol. The van der Waals surface area contributed by atoms with Crippen LogP contribution >= 0.6 is 0 Å². The summed E-state index contributed by atoms with van der Waals surface area (Å²) in [7, 11) is 0. The van der Waals surface area contributed by atoms with Crippen LogP contribution in [0.5, 0.6) is 0 Å². The van der Waals surface area contributed by atoms with Crippen molar-refractivity contribution in [1.82, 2.24) is 20.3 Å². The molecule has 0 radical (unpaired) electrons. The number of benzene rings is 1. The van der Waals surface area contributed by atoms with E-state index >= 15 is 0 Å². The Morgan fingerprint density at radius 1 is 1.14 bits per heavy atom. The summed E-state index contributed by atoms with van der Waals surface area (Å²) in [4.78, 5) is 0. The van der Waals surface area contributed by atoms with Crippen LogP contribution < -0.4 is 5.32 Å². The lowest BCUT2D eigenvalue weighted by atomic mass is 9.87. The highest BCUT2D eigenvalue weighted by Crippen LogP contribution is 2.23. The van der Waals surface area contributed by atoms with Crippen molar-refractivity contribution in [2.75, 3.05) is 6.54 Å². The topological polar surface area (TPSA) is 42.7 Å². The van der Waals surface area contributed by atoms with Crippen molar-refractivity contribution >= 4 is 0 Å². The van der Waals surface area contributed by atoms with Crippen LogP contribution in [0.1, 0.15) is 45.9 Å². The average molecular weight is 286 g/mol. The number of hydrogen-bond acceptors (Lipinski definition) is 3. The molecule has 114 valence electrons. The third-order valence-corrected chi connectivity index (χ3v) is 3.46. The standard InChI is InChI=1S/C17H26N4/c1-13(2)10-18-11-16-12-19-20-21(16)15-8-6-14(7-9-15)17(3,4)5/h6-9,12-13,18H,10-11H2,1-5H3. The highest BCUT2D eigenvalue weighted by Gasteiger charge is 2.14. The summed E-state index contributed by atoms with van der Waals surface area (Å²) < 4.78 is 1.90. The van der Waals surface area contributed by atoms with E-state index in [2.05, 4.69) is 74.5 Å². The maximum Gasteiger partial charge on any atom is 0.0783 e. The molecular formula is C17H26N4. The molecule has 0 aliphatic carbocycles. The molecule has 1 heterocycles. The molecule has 0 bridgehead atoms. The van der Waals surface area contributed by atoms with Gasteiger partial charge in [-0.1, -0.05) is 52.0 Å². The molecule has 0 aliphatic heterocycles. The van der Waals surface area contributed by atoms with E-state index in [1.807, 2.05) is 10.9 Å². The molecule has 0 spiro atoms. The second-order valence-corrected chi connectivity index (χ2v) is 6.96. The minimum absolute atomic E-state index is 0.169. The van der Waals surface area contributed by atoms with Gasteiger partial charge in [0.05, 0.1) is 17.6 Å². The zero-order valence-corrected chi connectivity index (χ0v) is 13.7. The summed E-state index contributed by atoms with van der Waals surface area (Å²) in [5.41, 5.74) is 3.63. The molecule has 2 aromatic rings. The maximum absolute atomic E-state index is 4.20. The summed E-state index contributed by atoms with van der Waals surface area (Å²) in [6.07, 6.45) is 1.82. The predicted octanol–water partition coefficient (Wildman–Crippen LogP) is 3.31. The molecule has 0 unspecified atom stereocenters. The average Bonchev–Trinajstić information content (AvgIpc) is 2.86. The molecule has 0 saturated carbocycles. The van der Waals surface area contributed by atoms with Crippen LogP contribution in [-0.4, -0.2) is 21.5 Å². The first kappa shape index (κ1) is 15.7. The predicted molar refractivity (Wildman–Crippen MR) is 86.6 cm³/mol. The minimum atomic E-state index is 0.169. The molecule has 2 rings (SSSR count). The van der Waals surface area contributed by atoms with Gasteiger partial charge in [-0.3, -0.25) is 0 Å². The van der Waals surface area contributed by atoms with Crippen LogP contribution in [0, 0.1) is 5.92 Å². The fraction of sp³-hybridized carbons (Fsp3) is 0.529.